The topological polar surface area (TPSA) is 15.3 Å². The molecule has 1 aromatic carbocycles. The van der Waals surface area contributed by atoms with Crippen LogP contribution in [0.1, 0.15) is 29.9 Å². The summed E-state index contributed by atoms with van der Waals surface area (Å²) in [5.41, 5.74) is 3.15. The number of hydrogen-bond donors (Lipinski definition) is 1. The zero-order chi connectivity index (χ0) is 14.8. The van der Waals surface area contributed by atoms with Crippen LogP contribution < -0.4 is 10.2 Å². The molecule has 2 nitrogen and oxygen atoms in total. The highest BCUT2D eigenvalue weighted by Crippen LogP contribution is 2.31. The Hall–Kier alpha value is -1.39. The highest BCUT2D eigenvalue weighted by Gasteiger charge is 2.22. The Kier molecular flexibility index (Phi) is 4.27. The Morgan fingerprint density at radius 3 is 3.00 bits per heavy atom. The second-order valence-electron chi connectivity index (χ2n) is 5.82. The van der Waals surface area contributed by atoms with Gasteiger partial charge in [0.25, 0.3) is 0 Å². The quantitative estimate of drug-likeness (QED) is 0.920. The lowest BCUT2D eigenvalue weighted by molar-refractivity contribution is 0.575. The molecule has 2 heterocycles. The molecule has 0 amide bonds. The third-order valence-electron chi connectivity index (χ3n) is 3.90. The van der Waals surface area contributed by atoms with Gasteiger partial charge in [0.1, 0.15) is 5.82 Å². The Labute approximate surface area is 129 Å². The maximum Gasteiger partial charge on any atom is 0.146 e. The summed E-state index contributed by atoms with van der Waals surface area (Å²) in [6.45, 7) is 6.63. The summed E-state index contributed by atoms with van der Waals surface area (Å²) in [6, 6.07) is 7.95. The van der Waals surface area contributed by atoms with Gasteiger partial charge in [-0.1, -0.05) is 26.0 Å². The monoisotopic (exact) mass is 304 g/mol. The first-order valence-corrected chi connectivity index (χ1v) is 8.34. The van der Waals surface area contributed by atoms with Crippen LogP contribution in [0.5, 0.6) is 0 Å². The van der Waals surface area contributed by atoms with Gasteiger partial charge in [0.05, 0.1) is 5.69 Å². The first-order valence-electron chi connectivity index (χ1n) is 7.46. The summed E-state index contributed by atoms with van der Waals surface area (Å²) < 4.78 is 14.4. The van der Waals surface area contributed by atoms with Gasteiger partial charge in [0.2, 0.25) is 0 Å². The van der Waals surface area contributed by atoms with E-state index in [1.807, 2.05) is 17.4 Å². The summed E-state index contributed by atoms with van der Waals surface area (Å²) in [4.78, 5) is 3.63. The van der Waals surface area contributed by atoms with Crippen LogP contribution in [0.25, 0.3) is 0 Å². The predicted octanol–water partition coefficient (Wildman–Crippen LogP) is 3.95. The van der Waals surface area contributed by atoms with Gasteiger partial charge in [-0.15, -0.1) is 11.3 Å². The number of halogens is 1. The minimum atomic E-state index is -0.114. The summed E-state index contributed by atoms with van der Waals surface area (Å²) in [6.07, 6.45) is 1.01. The third kappa shape index (κ3) is 3.11. The first kappa shape index (κ1) is 14.5. The van der Waals surface area contributed by atoms with Gasteiger partial charge >= 0.3 is 0 Å². The van der Waals surface area contributed by atoms with E-state index in [0.717, 1.165) is 30.8 Å². The lowest BCUT2D eigenvalue weighted by Gasteiger charge is -2.31. The standard InChI is InChI=1S/C17H21FN2S/c1-12(2)19-10-13-4-3-5-15(18)17(13)20-8-6-16-14(11-20)7-9-21-16/h3-5,7,9,12,19H,6,8,10-11H2,1-2H3. The Morgan fingerprint density at radius 1 is 1.33 bits per heavy atom. The van der Waals surface area contributed by atoms with Crippen LogP contribution in [0.3, 0.4) is 0 Å². The number of rotatable bonds is 4. The minimum Gasteiger partial charge on any atom is -0.364 e. The molecule has 0 spiro atoms. The molecule has 1 N–H and O–H groups in total. The average Bonchev–Trinajstić information content (AvgIpc) is 2.92. The van der Waals surface area contributed by atoms with E-state index in [-0.39, 0.29) is 5.82 Å². The maximum absolute atomic E-state index is 14.4. The average molecular weight is 304 g/mol. The highest BCUT2D eigenvalue weighted by atomic mass is 32.1. The number of anilines is 1. The molecule has 0 saturated carbocycles. The van der Waals surface area contributed by atoms with Gasteiger partial charge in [0.15, 0.2) is 0 Å². The molecule has 0 unspecified atom stereocenters. The van der Waals surface area contributed by atoms with Crippen LogP contribution in [0.2, 0.25) is 0 Å². The predicted molar refractivity (Wildman–Crippen MR) is 87.4 cm³/mol. The van der Waals surface area contributed by atoms with Crippen molar-refractivity contribution in [2.45, 2.75) is 39.4 Å². The number of thiophene rings is 1. The zero-order valence-electron chi connectivity index (χ0n) is 12.5. The van der Waals surface area contributed by atoms with E-state index in [0.29, 0.717) is 12.6 Å². The molecule has 1 aromatic heterocycles. The van der Waals surface area contributed by atoms with E-state index in [4.69, 9.17) is 0 Å². The number of hydrogen-bond acceptors (Lipinski definition) is 3. The SMILES string of the molecule is CC(C)NCc1cccc(F)c1N1CCc2sccc2C1. The number of fused-ring (bicyclic) bond motifs is 1. The molecule has 3 rings (SSSR count). The van der Waals surface area contributed by atoms with Crippen molar-refractivity contribution >= 4 is 17.0 Å². The Balaban J connectivity index is 1.87. The summed E-state index contributed by atoms with van der Waals surface area (Å²) in [5, 5.41) is 5.53. The summed E-state index contributed by atoms with van der Waals surface area (Å²) in [7, 11) is 0. The van der Waals surface area contributed by atoms with E-state index >= 15 is 0 Å². The Bertz CT molecular complexity index is 621. The molecular weight excluding hydrogens is 283 g/mol. The van der Waals surface area contributed by atoms with Crippen molar-refractivity contribution in [1.29, 1.82) is 0 Å². The number of nitrogens with zero attached hydrogens (tertiary/aromatic N) is 1. The van der Waals surface area contributed by atoms with Crippen LogP contribution in [0.4, 0.5) is 10.1 Å². The molecule has 0 bridgehead atoms. The fraction of sp³-hybridized carbons (Fsp3) is 0.412. The van der Waals surface area contributed by atoms with E-state index < -0.39 is 0 Å². The maximum atomic E-state index is 14.4. The molecule has 2 aromatic rings. The summed E-state index contributed by atoms with van der Waals surface area (Å²) >= 11 is 1.81. The molecule has 1 aliphatic rings. The van der Waals surface area contributed by atoms with E-state index in [9.17, 15) is 4.39 Å². The third-order valence-corrected chi connectivity index (χ3v) is 4.92. The molecule has 0 aliphatic carbocycles. The number of para-hydroxylation sites is 1. The number of benzene rings is 1. The second-order valence-corrected chi connectivity index (χ2v) is 6.82. The fourth-order valence-corrected chi connectivity index (χ4v) is 3.70. The molecule has 0 fully saturated rings. The lowest BCUT2D eigenvalue weighted by Crippen LogP contribution is -2.32. The molecule has 4 heteroatoms. The molecule has 1 aliphatic heterocycles. The van der Waals surface area contributed by atoms with Gasteiger partial charge < -0.3 is 10.2 Å². The van der Waals surface area contributed by atoms with Crippen LogP contribution >= 0.6 is 11.3 Å². The Morgan fingerprint density at radius 2 is 2.19 bits per heavy atom. The van der Waals surface area contributed by atoms with E-state index in [1.54, 1.807) is 12.1 Å². The molecule has 112 valence electrons. The van der Waals surface area contributed by atoms with Crippen molar-refractivity contribution in [3.63, 3.8) is 0 Å². The normalized spacial score (nSPS) is 14.6. The van der Waals surface area contributed by atoms with Gasteiger partial charge in [-0.05, 0) is 35.1 Å². The van der Waals surface area contributed by atoms with Gasteiger partial charge in [-0.2, -0.15) is 0 Å². The number of nitrogens with one attached hydrogen (secondary N) is 1. The summed E-state index contributed by atoms with van der Waals surface area (Å²) in [5.74, 6) is -0.114. The molecule has 0 radical (unpaired) electrons. The first-order chi connectivity index (χ1) is 10.1. The van der Waals surface area contributed by atoms with Gasteiger partial charge in [0, 0.05) is 30.6 Å². The van der Waals surface area contributed by atoms with Gasteiger partial charge in [-0.25, -0.2) is 4.39 Å². The van der Waals surface area contributed by atoms with Crippen LogP contribution in [0, 0.1) is 5.82 Å². The van der Waals surface area contributed by atoms with Crippen molar-refractivity contribution in [2.24, 2.45) is 0 Å². The second kappa shape index (κ2) is 6.16. The molecule has 0 saturated heterocycles. The molecule has 21 heavy (non-hydrogen) atoms. The minimum absolute atomic E-state index is 0.114. The van der Waals surface area contributed by atoms with Crippen molar-refractivity contribution in [1.82, 2.24) is 5.32 Å². The highest BCUT2D eigenvalue weighted by molar-refractivity contribution is 7.10. The van der Waals surface area contributed by atoms with Crippen LogP contribution in [0.15, 0.2) is 29.6 Å². The van der Waals surface area contributed by atoms with Crippen molar-refractivity contribution in [3.05, 3.63) is 51.5 Å². The van der Waals surface area contributed by atoms with Crippen molar-refractivity contribution in [2.75, 3.05) is 11.4 Å². The van der Waals surface area contributed by atoms with Gasteiger partial charge in [-0.3, -0.25) is 0 Å². The van der Waals surface area contributed by atoms with Crippen LogP contribution in [-0.2, 0) is 19.5 Å². The molecule has 0 atom stereocenters. The van der Waals surface area contributed by atoms with Crippen molar-refractivity contribution < 1.29 is 4.39 Å². The fourth-order valence-electron chi connectivity index (χ4n) is 2.81. The molecular formula is C17H21FN2S. The van der Waals surface area contributed by atoms with Crippen LogP contribution in [-0.4, -0.2) is 12.6 Å². The zero-order valence-corrected chi connectivity index (χ0v) is 13.3. The largest absolute Gasteiger partial charge is 0.364 e. The lowest BCUT2D eigenvalue weighted by atomic mass is 10.1. The van der Waals surface area contributed by atoms with E-state index in [1.165, 1.54) is 10.4 Å². The van der Waals surface area contributed by atoms with Crippen molar-refractivity contribution in [3.8, 4) is 0 Å². The smallest absolute Gasteiger partial charge is 0.146 e. The van der Waals surface area contributed by atoms with E-state index in [2.05, 4.69) is 35.5 Å².